The van der Waals surface area contributed by atoms with Crippen LogP contribution in [0.1, 0.15) is 84.8 Å². The highest BCUT2D eigenvalue weighted by molar-refractivity contribution is 5.34. The Hall–Kier alpha value is -2.46. The van der Waals surface area contributed by atoms with Gasteiger partial charge in [0.05, 0.1) is 18.3 Å². The quantitative estimate of drug-likeness (QED) is 0.407. The summed E-state index contributed by atoms with van der Waals surface area (Å²) in [6.45, 7) is 4.00. The maximum absolute atomic E-state index is 9.38. The van der Waals surface area contributed by atoms with Gasteiger partial charge in [0.2, 0.25) is 0 Å². The van der Waals surface area contributed by atoms with E-state index in [9.17, 15) is 15.3 Å². The van der Waals surface area contributed by atoms with Gasteiger partial charge >= 0.3 is 0 Å². The highest BCUT2D eigenvalue weighted by Gasteiger charge is 2.19. The van der Waals surface area contributed by atoms with Gasteiger partial charge in [-0.1, -0.05) is 86.6 Å². The summed E-state index contributed by atoms with van der Waals surface area (Å²) in [7, 11) is 0. The van der Waals surface area contributed by atoms with Crippen molar-refractivity contribution in [2.24, 2.45) is 0 Å². The average Bonchev–Trinajstić information content (AvgIpc) is 3.54. The van der Waals surface area contributed by atoms with Crippen LogP contribution >= 0.6 is 0 Å². The standard InChI is InChI=1S/3C9H10O.C2H6/c3*10-9-6-5-7-3-1-2-4-8(7)9;1-2/h3*1-4,9-10H,5-6H2;1-2H3. The van der Waals surface area contributed by atoms with E-state index < -0.39 is 0 Å². The predicted octanol–water partition coefficient (Wildman–Crippen LogP) is 6.02. The van der Waals surface area contributed by atoms with Crippen LogP contribution in [0.3, 0.4) is 0 Å². The van der Waals surface area contributed by atoms with Gasteiger partial charge in [-0.3, -0.25) is 0 Å². The van der Waals surface area contributed by atoms with E-state index in [0.29, 0.717) is 0 Å². The molecule has 0 spiro atoms. The molecule has 3 atom stereocenters. The van der Waals surface area contributed by atoms with Crippen molar-refractivity contribution in [1.82, 2.24) is 0 Å². The second-order valence-electron chi connectivity index (χ2n) is 8.26. The number of rotatable bonds is 0. The first-order valence-electron chi connectivity index (χ1n) is 11.9. The molecule has 3 aromatic carbocycles. The minimum absolute atomic E-state index is 0.198. The molecular weight excluding hydrogens is 396 g/mol. The van der Waals surface area contributed by atoms with E-state index in [2.05, 4.69) is 18.2 Å². The van der Waals surface area contributed by atoms with Crippen LogP contribution in [0.15, 0.2) is 72.8 Å². The van der Waals surface area contributed by atoms with Gasteiger partial charge in [-0.15, -0.1) is 0 Å². The van der Waals surface area contributed by atoms with E-state index in [1.165, 1.54) is 16.7 Å². The van der Waals surface area contributed by atoms with Gasteiger partial charge in [0.25, 0.3) is 0 Å². The molecule has 0 amide bonds. The topological polar surface area (TPSA) is 60.7 Å². The zero-order valence-corrected chi connectivity index (χ0v) is 19.2. The summed E-state index contributed by atoms with van der Waals surface area (Å²) in [4.78, 5) is 0. The molecule has 3 aliphatic rings. The van der Waals surface area contributed by atoms with Crippen LogP contribution in [0, 0.1) is 0 Å². The van der Waals surface area contributed by atoms with Gasteiger partial charge < -0.3 is 15.3 Å². The van der Waals surface area contributed by atoms with Gasteiger partial charge in [-0.2, -0.15) is 0 Å². The Labute approximate surface area is 192 Å². The molecule has 0 fully saturated rings. The Morgan fingerprint density at radius 1 is 0.469 bits per heavy atom. The minimum atomic E-state index is -0.198. The maximum atomic E-state index is 9.38. The Kier molecular flexibility index (Phi) is 9.04. The molecule has 3 aliphatic carbocycles. The summed E-state index contributed by atoms with van der Waals surface area (Å²) in [6.07, 6.45) is 5.23. The number of fused-ring (bicyclic) bond motifs is 3. The number of aliphatic hydroxyl groups excluding tert-OH is 3. The third-order valence-corrected chi connectivity index (χ3v) is 6.30. The van der Waals surface area contributed by atoms with Gasteiger partial charge in [-0.05, 0) is 71.9 Å². The molecule has 0 radical (unpaired) electrons. The Morgan fingerprint density at radius 3 is 0.969 bits per heavy atom. The lowest BCUT2D eigenvalue weighted by Crippen LogP contribution is -1.88. The van der Waals surface area contributed by atoms with E-state index >= 15 is 0 Å². The molecule has 0 saturated carbocycles. The van der Waals surface area contributed by atoms with Crippen LogP contribution in [-0.4, -0.2) is 15.3 Å². The first-order valence-corrected chi connectivity index (χ1v) is 11.9. The van der Waals surface area contributed by atoms with Gasteiger partial charge in [-0.25, -0.2) is 0 Å². The zero-order chi connectivity index (χ0) is 22.9. The van der Waals surface area contributed by atoms with Crippen LogP contribution < -0.4 is 0 Å². The third kappa shape index (κ3) is 5.86. The lowest BCUT2D eigenvalue weighted by Gasteiger charge is -2.00. The first kappa shape index (κ1) is 24.2. The number of hydrogen-bond acceptors (Lipinski definition) is 3. The van der Waals surface area contributed by atoms with Crippen LogP contribution in [-0.2, 0) is 19.3 Å². The minimum Gasteiger partial charge on any atom is -0.388 e. The summed E-state index contributed by atoms with van der Waals surface area (Å²) >= 11 is 0. The molecule has 0 bridgehead atoms. The fourth-order valence-electron chi connectivity index (χ4n) is 4.60. The second kappa shape index (κ2) is 12.0. The number of aryl methyl sites for hydroxylation is 3. The smallest absolute Gasteiger partial charge is 0.0795 e. The van der Waals surface area contributed by atoms with Crippen molar-refractivity contribution in [3.63, 3.8) is 0 Å². The molecule has 3 N–H and O–H groups in total. The molecule has 0 heterocycles. The van der Waals surface area contributed by atoms with Crippen molar-refractivity contribution in [3.05, 3.63) is 106 Å². The summed E-state index contributed by atoms with van der Waals surface area (Å²) in [5.74, 6) is 0. The van der Waals surface area contributed by atoms with Crippen LogP contribution in [0.4, 0.5) is 0 Å². The number of aliphatic hydroxyl groups is 3. The Morgan fingerprint density at radius 2 is 0.719 bits per heavy atom. The molecule has 6 rings (SSSR count). The third-order valence-electron chi connectivity index (χ3n) is 6.30. The number of benzene rings is 3. The van der Waals surface area contributed by atoms with Crippen molar-refractivity contribution in [2.75, 3.05) is 0 Å². The molecule has 3 heteroatoms. The summed E-state index contributed by atoms with van der Waals surface area (Å²) in [6, 6.07) is 24.3. The summed E-state index contributed by atoms with van der Waals surface area (Å²) in [5.41, 5.74) is 7.33. The van der Waals surface area contributed by atoms with E-state index in [-0.39, 0.29) is 18.3 Å². The van der Waals surface area contributed by atoms with Gasteiger partial charge in [0.15, 0.2) is 0 Å². The van der Waals surface area contributed by atoms with Crippen molar-refractivity contribution in [1.29, 1.82) is 0 Å². The summed E-state index contributed by atoms with van der Waals surface area (Å²) in [5, 5.41) is 28.1. The van der Waals surface area contributed by atoms with Gasteiger partial charge in [0, 0.05) is 0 Å². The van der Waals surface area contributed by atoms with Crippen LogP contribution in [0.25, 0.3) is 0 Å². The van der Waals surface area contributed by atoms with Crippen LogP contribution in [0.2, 0.25) is 0 Å². The normalized spacial score (nSPS) is 21.5. The van der Waals surface area contributed by atoms with Crippen molar-refractivity contribution in [3.8, 4) is 0 Å². The molecule has 3 aromatic rings. The molecule has 0 aliphatic heterocycles. The SMILES string of the molecule is CC.OC1CCc2ccccc21.OC1CCc2ccccc21.OC1CCc2ccccc21. The lowest BCUT2D eigenvalue weighted by molar-refractivity contribution is 0.179. The number of hydrogen-bond donors (Lipinski definition) is 3. The monoisotopic (exact) mass is 432 g/mol. The van der Waals surface area contributed by atoms with Crippen molar-refractivity contribution < 1.29 is 15.3 Å². The van der Waals surface area contributed by atoms with E-state index in [4.69, 9.17) is 0 Å². The molecule has 3 nitrogen and oxygen atoms in total. The molecule has 32 heavy (non-hydrogen) atoms. The fraction of sp³-hybridized carbons (Fsp3) is 0.379. The largest absolute Gasteiger partial charge is 0.388 e. The van der Waals surface area contributed by atoms with E-state index in [1.807, 2.05) is 68.4 Å². The van der Waals surface area contributed by atoms with Crippen molar-refractivity contribution in [2.45, 2.75) is 70.7 Å². The highest BCUT2D eigenvalue weighted by atomic mass is 16.3. The van der Waals surface area contributed by atoms with Crippen LogP contribution in [0.5, 0.6) is 0 Å². The zero-order valence-electron chi connectivity index (χ0n) is 19.2. The maximum Gasteiger partial charge on any atom is 0.0795 e. The molecule has 3 unspecified atom stereocenters. The highest BCUT2D eigenvalue weighted by Crippen LogP contribution is 2.31. The average molecular weight is 433 g/mol. The predicted molar refractivity (Wildman–Crippen MR) is 131 cm³/mol. The molecule has 0 aromatic heterocycles. The first-order chi connectivity index (χ1) is 15.6. The summed E-state index contributed by atoms with van der Waals surface area (Å²) < 4.78 is 0. The molecule has 0 saturated heterocycles. The van der Waals surface area contributed by atoms with E-state index in [0.717, 1.165) is 55.2 Å². The Balaban J connectivity index is 0.000000130. The van der Waals surface area contributed by atoms with E-state index in [1.54, 1.807) is 0 Å². The lowest BCUT2D eigenvalue weighted by atomic mass is 10.1. The fourth-order valence-corrected chi connectivity index (χ4v) is 4.60. The molecular formula is C29H36O3. The second-order valence-corrected chi connectivity index (χ2v) is 8.26. The van der Waals surface area contributed by atoms with Gasteiger partial charge in [0.1, 0.15) is 0 Å². The Bertz CT molecular complexity index is 854. The van der Waals surface area contributed by atoms with Crippen molar-refractivity contribution >= 4 is 0 Å². The molecule has 170 valence electrons.